The molecule has 1 amide bonds. The van der Waals surface area contributed by atoms with Crippen LogP contribution in [0.2, 0.25) is 0 Å². The highest BCUT2D eigenvalue weighted by Gasteiger charge is 2.19. The van der Waals surface area contributed by atoms with Crippen LogP contribution in [0.5, 0.6) is 0 Å². The first-order valence-electron chi connectivity index (χ1n) is 9.44. The zero-order valence-corrected chi connectivity index (χ0v) is 18.8. The summed E-state index contributed by atoms with van der Waals surface area (Å²) in [5.41, 5.74) is 1.81. The molecule has 0 fully saturated rings. The molecule has 3 aromatic rings. The molecule has 0 aliphatic carbocycles. The Labute approximate surface area is 181 Å². The number of nitrogens with one attached hydrogen (secondary N) is 2. The number of sulfonamides is 1. The van der Waals surface area contributed by atoms with Gasteiger partial charge < -0.3 is 10.2 Å². The smallest absolute Gasteiger partial charge is 0.261 e. The van der Waals surface area contributed by atoms with Gasteiger partial charge in [0.2, 0.25) is 0 Å². The minimum Gasteiger partial charge on any atom is -0.350 e. The Morgan fingerprint density at radius 1 is 1.07 bits per heavy atom. The van der Waals surface area contributed by atoms with Gasteiger partial charge in [0.1, 0.15) is 0 Å². The van der Waals surface area contributed by atoms with E-state index in [1.54, 1.807) is 35.6 Å². The Morgan fingerprint density at radius 3 is 2.43 bits per heavy atom. The second-order valence-electron chi connectivity index (χ2n) is 7.20. The quantitative estimate of drug-likeness (QED) is 0.554. The number of carbonyl (C=O) groups excluding carboxylic acids is 1. The second-order valence-corrected chi connectivity index (χ2v) is 9.87. The van der Waals surface area contributed by atoms with Gasteiger partial charge in [0.25, 0.3) is 15.9 Å². The van der Waals surface area contributed by atoms with Gasteiger partial charge >= 0.3 is 0 Å². The first-order chi connectivity index (χ1) is 14.3. The van der Waals surface area contributed by atoms with Crippen LogP contribution < -0.4 is 10.0 Å². The Balaban J connectivity index is 1.72. The molecule has 2 N–H and O–H groups in total. The molecule has 0 radical (unpaired) electrons. The van der Waals surface area contributed by atoms with Gasteiger partial charge in [-0.1, -0.05) is 29.8 Å². The van der Waals surface area contributed by atoms with E-state index in [2.05, 4.69) is 10.0 Å². The number of thiophene rings is 1. The summed E-state index contributed by atoms with van der Waals surface area (Å²) in [7, 11) is 0.119. The van der Waals surface area contributed by atoms with E-state index in [9.17, 15) is 13.2 Å². The van der Waals surface area contributed by atoms with Gasteiger partial charge in [-0.3, -0.25) is 9.52 Å². The average Bonchev–Trinajstić information content (AvgIpc) is 3.24. The fourth-order valence-corrected chi connectivity index (χ4v) is 4.98. The van der Waals surface area contributed by atoms with Crippen molar-refractivity contribution in [2.75, 3.05) is 25.4 Å². The van der Waals surface area contributed by atoms with Crippen LogP contribution in [0.25, 0.3) is 0 Å². The van der Waals surface area contributed by atoms with Crippen LogP contribution in [0.1, 0.15) is 26.8 Å². The maximum Gasteiger partial charge on any atom is 0.261 e. The molecule has 0 unspecified atom stereocenters. The van der Waals surface area contributed by atoms with E-state index in [1.807, 2.05) is 55.6 Å². The van der Waals surface area contributed by atoms with Crippen molar-refractivity contribution >= 4 is 33.0 Å². The van der Waals surface area contributed by atoms with Crippen LogP contribution in [-0.2, 0) is 10.0 Å². The number of aryl methyl sites for hydroxylation is 1. The summed E-state index contributed by atoms with van der Waals surface area (Å²) in [6.45, 7) is 2.35. The number of likely N-dealkylation sites (N-methyl/N-ethyl adjacent to an activating group) is 1. The van der Waals surface area contributed by atoms with E-state index >= 15 is 0 Å². The Morgan fingerprint density at radius 2 is 1.80 bits per heavy atom. The van der Waals surface area contributed by atoms with E-state index in [0.717, 1.165) is 10.4 Å². The fraction of sp³-hybridized carbons (Fsp3) is 0.227. The van der Waals surface area contributed by atoms with Gasteiger partial charge in [-0.25, -0.2) is 8.42 Å². The molecule has 0 bridgehead atoms. The molecule has 0 saturated carbocycles. The molecule has 0 saturated heterocycles. The number of rotatable bonds is 8. The summed E-state index contributed by atoms with van der Waals surface area (Å²) in [6.07, 6.45) is 0. The Hall–Kier alpha value is -2.68. The normalized spacial score (nSPS) is 12.5. The number of benzene rings is 2. The third kappa shape index (κ3) is 5.47. The molecule has 1 aromatic heterocycles. The lowest BCUT2D eigenvalue weighted by Crippen LogP contribution is -2.34. The number of anilines is 1. The molecule has 0 aliphatic heterocycles. The van der Waals surface area contributed by atoms with Gasteiger partial charge in [0, 0.05) is 22.7 Å². The highest BCUT2D eigenvalue weighted by Crippen LogP contribution is 2.23. The van der Waals surface area contributed by atoms with E-state index in [0.29, 0.717) is 17.8 Å². The largest absolute Gasteiger partial charge is 0.350 e. The van der Waals surface area contributed by atoms with Gasteiger partial charge in [-0.15, -0.1) is 11.3 Å². The molecule has 1 atom stereocenters. The van der Waals surface area contributed by atoms with Crippen LogP contribution in [0.3, 0.4) is 0 Å². The summed E-state index contributed by atoms with van der Waals surface area (Å²) < 4.78 is 28.0. The maximum atomic E-state index is 12.7. The lowest BCUT2D eigenvalue weighted by Gasteiger charge is -2.23. The van der Waals surface area contributed by atoms with Crippen molar-refractivity contribution in [3.8, 4) is 0 Å². The number of nitrogens with zero attached hydrogens (tertiary/aromatic N) is 1. The third-order valence-electron chi connectivity index (χ3n) is 4.66. The average molecular weight is 444 g/mol. The van der Waals surface area contributed by atoms with E-state index < -0.39 is 10.0 Å². The highest BCUT2D eigenvalue weighted by molar-refractivity contribution is 7.92. The van der Waals surface area contributed by atoms with Crippen LogP contribution in [0, 0.1) is 6.92 Å². The third-order valence-corrected chi connectivity index (χ3v) is 7.01. The van der Waals surface area contributed by atoms with Gasteiger partial charge in [-0.05, 0) is 62.8 Å². The SMILES string of the molecule is Cc1ccc(NS(=O)(=O)c2cccc(C(=O)NC[C@@H](c3cccs3)N(C)C)c2)cc1. The number of amides is 1. The van der Waals surface area contributed by atoms with Gasteiger partial charge in [0.05, 0.1) is 10.9 Å². The minimum absolute atomic E-state index is 0.0399. The molecule has 1 heterocycles. The topological polar surface area (TPSA) is 78.5 Å². The fourth-order valence-electron chi connectivity index (χ4n) is 2.95. The number of carbonyl (C=O) groups is 1. The minimum atomic E-state index is -3.80. The van der Waals surface area contributed by atoms with Crippen molar-refractivity contribution in [3.05, 3.63) is 82.0 Å². The number of hydrogen-bond acceptors (Lipinski definition) is 5. The molecule has 158 valence electrons. The highest BCUT2D eigenvalue weighted by atomic mass is 32.2. The monoisotopic (exact) mass is 443 g/mol. The number of hydrogen-bond donors (Lipinski definition) is 2. The predicted molar refractivity (Wildman–Crippen MR) is 122 cm³/mol. The molecular weight excluding hydrogens is 418 g/mol. The van der Waals surface area contributed by atoms with Crippen LogP contribution >= 0.6 is 11.3 Å². The zero-order valence-electron chi connectivity index (χ0n) is 17.1. The van der Waals surface area contributed by atoms with Crippen LogP contribution in [0.4, 0.5) is 5.69 Å². The zero-order chi connectivity index (χ0) is 21.7. The summed E-state index contributed by atoms with van der Waals surface area (Å²) in [6, 6.07) is 17.2. The maximum absolute atomic E-state index is 12.7. The van der Waals surface area contributed by atoms with Crippen molar-refractivity contribution in [2.24, 2.45) is 0 Å². The summed E-state index contributed by atoms with van der Waals surface area (Å²) in [4.78, 5) is 15.9. The lowest BCUT2D eigenvalue weighted by molar-refractivity contribution is 0.0942. The van der Waals surface area contributed by atoms with E-state index in [1.165, 1.54) is 12.1 Å². The predicted octanol–water partition coefficient (Wildman–Crippen LogP) is 3.89. The Bertz CT molecular complexity index is 1090. The summed E-state index contributed by atoms with van der Waals surface area (Å²) in [5, 5.41) is 4.92. The van der Waals surface area contributed by atoms with E-state index in [-0.39, 0.29) is 16.8 Å². The first kappa shape index (κ1) is 22.0. The molecule has 3 rings (SSSR count). The molecule has 0 aliphatic rings. The first-order valence-corrected chi connectivity index (χ1v) is 11.8. The van der Waals surface area contributed by atoms with E-state index in [4.69, 9.17) is 0 Å². The van der Waals surface area contributed by atoms with Crippen molar-refractivity contribution < 1.29 is 13.2 Å². The molecule has 0 spiro atoms. The molecule has 2 aromatic carbocycles. The summed E-state index contributed by atoms with van der Waals surface area (Å²) in [5.74, 6) is -0.314. The van der Waals surface area contributed by atoms with Crippen molar-refractivity contribution in [1.82, 2.24) is 10.2 Å². The lowest BCUT2D eigenvalue weighted by atomic mass is 10.2. The Kier molecular flexibility index (Phi) is 6.91. The van der Waals surface area contributed by atoms with Crippen LogP contribution in [-0.4, -0.2) is 39.9 Å². The van der Waals surface area contributed by atoms with Crippen molar-refractivity contribution in [3.63, 3.8) is 0 Å². The van der Waals surface area contributed by atoms with Crippen LogP contribution in [0.15, 0.2) is 70.9 Å². The van der Waals surface area contributed by atoms with Crippen molar-refractivity contribution in [1.29, 1.82) is 0 Å². The van der Waals surface area contributed by atoms with Crippen molar-refractivity contribution in [2.45, 2.75) is 17.9 Å². The standard InChI is InChI=1S/C22H25N3O3S2/c1-16-9-11-18(12-10-16)24-30(27,28)19-7-4-6-17(14-19)22(26)23-15-20(25(2)3)21-8-5-13-29-21/h4-14,20,24H,15H2,1-3H3,(H,23,26)/t20-/m0/s1. The summed E-state index contributed by atoms with van der Waals surface area (Å²) >= 11 is 1.63. The molecular formula is C22H25N3O3S2. The van der Waals surface area contributed by atoms with Gasteiger partial charge in [-0.2, -0.15) is 0 Å². The second kappa shape index (κ2) is 9.42. The molecule has 6 nitrogen and oxygen atoms in total. The molecule has 30 heavy (non-hydrogen) atoms. The molecule has 8 heteroatoms. The van der Waals surface area contributed by atoms with Gasteiger partial charge in [0.15, 0.2) is 0 Å².